The van der Waals surface area contributed by atoms with Crippen molar-refractivity contribution in [2.75, 3.05) is 10.7 Å². The van der Waals surface area contributed by atoms with Crippen LogP contribution in [0, 0.1) is 13.8 Å². The van der Waals surface area contributed by atoms with Crippen molar-refractivity contribution < 1.29 is 4.79 Å². The van der Waals surface area contributed by atoms with Crippen molar-refractivity contribution in [2.45, 2.75) is 30.3 Å². The minimum absolute atomic E-state index is 0.0655. The number of hydrogen-bond acceptors (Lipinski definition) is 5. The molecule has 6 nitrogen and oxygen atoms in total. The van der Waals surface area contributed by atoms with Crippen molar-refractivity contribution in [1.82, 2.24) is 14.9 Å². The van der Waals surface area contributed by atoms with Crippen LogP contribution in [0.2, 0.25) is 0 Å². The fourth-order valence-corrected chi connectivity index (χ4v) is 5.03. The monoisotopic (exact) mass is 441 g/mol. The molecule has 0 fully saturated rings. The summed E-state index contributed by atoms with van der Waals surface area (Å²) in [5.74, 6) is 0.659. The van der Waals surface area contributed by atoms with Crippen molar-refractivity contribution in [3.63, 3.8) is 0 Å². The molecule has 7 heteroatoms. The summed E-state index contributed by atoms with van der Waals surface area (Å²) in [6.45, 7) is 4.01. The van der Waals surface area contributed by atoms with Crippen LogP contribution in [0.4, 0.5) is 5.69 Å². The van der Waals surface area contributed by atoms with Gasteiger partial charge in [-0.3, -0.25) is 4.79 Å². The summed E-state index contributed by atoms with van der Waals surface area (Å²) in [7, 11) is 0. The maximum Gasteiger partial charge on any atom is 0.240 e. The minimum Gasteiger partial charge on any atom is -0.325 e. The lowest BCUT2D eigenvalue weighted by Gasteiger charge is -2.33. The highest BCUT2D eigenvalue weighted by atomic mass is 32.2. The molecular formula is C25H23N5OS. The summed E-state index contributed by atoms with van der Waals surface area (Å²) in [5.41, 5.74) is 8.45. The van der Waals surface area contributed by atoms with Gasteiger partial charge in [0.2, 0.25) is 11.1 Å². The first-order chi connectivity index (χ1) is 15.6. The SMILES string of the molecule is Cc1cccc(C)c1NC(=O)C1Sc2nnc(-c3ccccc3)n2NC1c1ccccc1. The molecule has 0 saturated heterocycles. The molecule has 1 aliphatic rings. The number of amides is 1. The zero-order valence-electron chi connectivity index (χ0n) is 17.8. The fraction of sp³-hybridized carbons (Fsp3) is 0.160. The van der Waals surface area contributed by atoms with Gasteiger partial charge in [-0.1, -0.05) is 90.6 Å². The van der Waals surface area contributed by atoms with E-state index >= 15 is 0 Å². The first kappa shape index (κ1) is 20.3. The molecular weight excluding hydrogens is 418 g/mol. The number of aryl methyl sites for hydroxylation is 2. The van der Waals surface area contributed by atoms with Crippen molar-refractivity contribution in [3.8, 4) is 11.4 Å². The van der Waals surface area contributed by atoms with E-state index in [-0.39, 0.29) is 11.9 Å². The number of carbonyl (C=O) groups excluding carboxylic acids is 1. The zero-order valence-corrected chi connectivity index (χ0v) is 18.6. The Labute approximate surface area is 191 Å². The van der Waals surface area contributed by atoms with Crippen LogP contribution >= 0.6 is 11.8 Å². The van der Waals surface area contributed by atoms with Gasteiger partial charge in [0.15, 0.2) is 5.82 Å². The average Bonchev–Trinajstić information content (AvgIpc) is 3.25. The Morgan fingerprint density at radius 3 is 2.25 bits per heavy atom. The number of carbonyl (C=O) groups is 1. The van der Waals surface area contributed by atoms with Crippen LogP contribution in [-0.4, -0.2) is 26.0 Å². The molecule has 0 spiro atoms. The Morgan fingerprint density at radius 1 is 0.906 bits per heavy atom. The van der Waals surface area contributed by atoms with E-state index in [0.29, 0.717) is 5.16 Å². The maximum absolute atomic E-state index is 13.5. The third-order valence-corrected chi connectivity index (χ3v) is 6.83. The molecule has 5 rings (SSSR count). The predicted molar refractivity (Wildman–Crippen MR) is 128 cm³/mol. The molecule has 32 heavy (non-hydrogen) atoms. The Hall–Kier alpha value is -3.58. The van der Waals surface area contributed by atoms with E-state index in [1.54, 1.807) is 0 Å². The first-order valence-corrected chi connectivity index (χ1v) is 11.4. The van der Waals surface area contributed by atoms with Gasteiger partial charge in [0.1, 0.15) is 5.25 Å². The molecule has 3 aromatic carbocycles. The van der Waals surface area contributed by atoms with Crippen LogP contribution in [0.1, 0.15) is 22.7 Å². The van der Waals surface area contributed by atoms with Crippen molar-refractivity contribution in [1.29, 1.82) is 0 Å². The molecule has 2 unspecified atom stereocenters. The van der Waals surface area contributed by atoms with E-state index in [9.17, 15) is 4.79 Å². The van der Waals surface area contributed by atoms with Gasteiger partial charge >= 0.3 is 0 Å². The van der Waals surface area contributed by atoms with Gasteiger partial charge in [0.05, 0.1) is 6.04 Å². The lowest BCUT2D eigenvalue weighted by Crippen LogP contribution is -2.41. The quantitative estimate of drug-likeness (QED) is 0.468. The van der Waals surface area contributed by atoms with E-state index in [1.807, 2.05) is 97.4 Å². The van der Waals surface area contributed by atoms with Gasteiger partial charge in [0.25, 0.3) is 0 Å². The number of aromatic nitrogens is 3. The summed E-state index contributed by atoms with van der Waals surface area (Å²) < 4.78 is 1.89. The molecule has 4 aromatic rings. The van der Waals surface area contributed by atoms with E-state index in [0.717, 1.165) is 33.8 Å². The van der Waals surface area contributed by atoms with Crippen molar-refractivity contribution in [3.05, 3.63) is 95.6 Å². The number of hydrogen-bond donors (Lipinski definition) is 2. The second-order valence-electron chi connectivity index (χ2n) is 7.82. The van der Waals surface area contributed by atoms with E-state index < -0.39 is 5.25 Å². The number of nitrogens with zero attached hydrogens (tertiary/aromatic N) is 3. The Morgan fingerprint density at radius 2 is 1.56 bits per heavy atom. The molecule has 1 aromatic heterocycles. The Kier molecular flexibility index (Phi) is 5.41. The lowest BCUT2D eigenvalue weighted by molar-refractivity contribution is -0.116. The molecule has 2 heterocycles. The highest BCUT2D eigenvalue weighted by Crippen LogP contribution is 2.39. The fourth-order valence-electron chi connectivity index (χ4n) is 3.95. The summed E-state index contributed by atoms with van der Waals surface area (Å²) >= 11 is 1.43. The molecule has 1 aliphatic heterocycles. The lowest BCUT2D eigenvalue weighted by atomic mass is 10.0. The van der Waals surface area contributed by atoms with Crippen molar-refractivity contribution >= 4 is 23.4 Å². The van der Waals surface area contributed by atoms with Crippen LogP contribution in [0.3, 0.4) is 0 Å². The van der Waals surface area contributed by atoms with Gasteiger partial charge in [-0.15, -0.1) is 10.2 Å². The number of thioether (sulfide) groups is 1. The normalized spacial score (nSPS) is 17.3. The molecule has 160 valence electrons. The number of para-hydroxylation sites is 1. The predicted octanol–water partition coefficient (Wildman–Crippen LogP) is 4.96. The number of nitrogens with one attached hydrogen (secondary N) is 2. The molecule has 1 amide bonds. The van der Waals surface area contributed by atoms with E-state index in [2.05, 4.69) is 20.9 Å². The largest absolute Gasteiger partial charge is 0.325 e. The molecule has 0 radical (unpaired) electrons. The van der Waals surface area contributed by atoms with Gasteiger partial charge in [-0.05, 0) is 30.5 Å². The van der Waals surface area contributed by atoms with Crippen LogP contribution in [0.25, 0.3) is 11.4 Å². The van der Waals surface area contributed by atoms with Crippen LogP contribution in [0.15, 0.2) is 84.0 Å². The third kappa shape index (κ3) is 3.76. The van der Waals surface area contributed by atoms with Gasteiger partial charge in [0, 0.05) is 11.3 Å². The van der Waals surface area contributed by atoms with Crippen LogP contribution in [0.5, 0.6) is 0 Å². The van der Waals surface area contributed by atoms with Gasteiger partial charge < -0.3 is 10.7 Å². The molecule has 0 aliphatic carbocycles. The first-order valence-electron chi connectivity index (χ1n) is 10.5. The Bertz CT molecular complexity index is 1240. The number of anilines is 1. The molecule has 2 N–H and O–H groups in total. The van der Waals surface area contributed by atoms with Crippen LogP contribution in [-0.2, 0) is 4.79 Å². The minimum atomic E-state index is -0.420. The molecule has 0 saturated carbocycles. The van der Waals surface area contributed by atoms with E-state index in [4.69, 9.17) is 0 Å². The number of benzene rings is 3. The molecule has 2 atom stereocenters. The van der Waals surface area contributed by atoms with Gasteiger partial charge in [-0.25, -0.2) is 4.68 Å². The standard InChI is InChI=1S/C25H23N5OS/c1-16-10-9-11-17(2)20(16)26-24(31)22-21(18-12-5-3-6-13-18)29-30-23(27-28-25(30)32-22)19-14-7-4-8-15-19/h3-15,21-22,29H,1-2H3,(H,26,31). The Balaban J connectivity index is 1.52. The smallest absolute Gasteiger partial charge is 0.240 e. The van der Waals surface area contributed by atoms with Crippen molar-refractivity contribution in [2.24, 2.45) is 0 Å². The summed E-state index contributed by atoms with van der Waals surface area (Å²) in [6, 6.07) is 25.7. The second-order valence-corrected chi connectivity index (χ2v) is 8.93. The van der Waals surface area contributed by atoms with E-state index in [1.165, 1.54) is 11.8 Å². The summed E-state index contributed by atoms with van der Waals surface area (Å²) in [6.07, 6.45) is 0. The van der Waals surface area contributed by atoms with Crippen LogP contribution < -0.4 is 10.7 Å². The second kappa shape index (κ2) is 8.51. The van der Waals surface area contributed by atoms with Gasteiger partial charge in [-0.2, -0.15) is 0 Å². The summed E-state index contributed by atoms with van der Waals surface area (Å²) in [4.78, 5) is 13.5. The molecule has 0 bridgehead atoms. The highest BCUT2D eigenvalue weighted by molar-refractivity contribution is 8.00. The summed E-state index contributed by atoms with van der Waals surface area (Å²) in [5, 5.41) is 12.2. The maximum atomic E-state index is 13.5. The zero-order chi connectivity index (χ0) is 22.1. The highest BCUT2D eigenvalue weighted by Gasteiger charge is 2.38. The topological polar surface area (TPSA) is 71.8 Å². The number of fused-ring (bicyclic) bond motifs is 1. The number of rotatable bonds is 4. The average molecular weight is 442 g/mol. The third-order valence-electron chi connectivity index (χ3n) is 5.62.